The Bertz CT molecular complexity index is 1080. The van der Waals surface area contributed by atoms with Crippen LogP contribution < -0.4 is 10.2 Å². The number of anilines is 1. The molecular formula is C23H30N6OS2. The molecule has 0 spiro atoms. The molecule has 2 aromatic heterocycles. The third-order valence-electron chi connectivity index (χ3n) is 5.90. The van der Waals surface area contributed by atoms with E-state index in [4.69, 9.17) is 12.2 Å². The van der Waals surface area contributed by atoms with Crippen LogP contribution in [0.3, 0.4) is 0 Å². The molecule has 32 heavy (non-hydrogen) atoms. The molecular weight excluding hydrogens is 440 g/mol. The highest BCUT2D eigenvalue weighted by atomic mass is 32.1. The smallest absolute Gasteiger partial charge is 0.242 e. The standard InChI is InChI=1S/C23H30N6OS2/c1-17-6-3-7-19(16-17)28-13-11-27(12-14-28)10-5-9-24-22(30)18(2)29-21(25-26-23(29)31)20-8-4-15-32-20/h3-4,6-8,15-16,18H,5,9-14H2,1-2H3,(H,24,30)(H,26,31). The van der Waals surface area contributed by atoms with E-state index in [-0.39, 0.29) is 5.91 Å². The molecule has 0 bridgehead atoms. The van der Waals surface area contributed by atoms with Crippen molar-refractivity contribution in [2.45, 2.75) is 26.3 Å². The predicted molar refractivity (Wildman–Crippen MR) is 133 cm³/mol. The number of piperazine rings is 1. The van der Waals surface area contributed by atoms with Gasteiger partial charge in [-0.15, -0.1) is 11.3 Å². The van der Waals surface area contributed by atoms with Crippen molar-refractivity contribution in [3.63, 3.8) is 0 Å². The molecule has 7 nitrogen and oxygen atoms in total. The molecule has 0 radical (unpaired) electrons. The summed E-state index contributed by atoms with van der Waals surface area (Å²) in [5.74, 6) is 0.670. The summed E-state index contributed by atoms with van der Waals surface area (Å²) in [4.78, 5) is 18.7. The molecule has 3 heterocycles. The van der Waals surface area contributed by atoms with Crippen molar-refractivity contribution in [3.8, 4) is 10.7 Å². The third kappa shape index (κ3) is 5.28. The van der Waals surface area contributed by atoms with Gasteiger partial charge in [-0.05, 0) is 68.2 Å². The van der Waals surface area contributed by atoms with Crippen LogP contribution in [0, 0.1) is 11.7 Å². The van der Waals surface area contributed by atoms with Gasteiger partial charge in [0.2, 0.25) is 5.91 Å². The Kier molecular flexibility index (Phi) is 7.39. The average molecular weight is 471 g/mol. The normalized spacial score (nSPS) is 15.6. The van der Waals surface area contributed by atoms with Gasteiger partial charge in [0.25, 0.3) is 0 Å². The van der Waals surface area contributed by atoms with Gasteiger partial charge >= 0.3 is 0 Å². The molecule has 1 aliphatic rings. The summed E-state index contributed by atoms with van der Waals surface area (Å²) in [5, 5.41) is 12.2. The summed E-state index contributed by atoms with van der Waals surface area (Å²) in [6, 6.07) is 12.2. The Balaban J connectivity index is 1.22. The number of hydrogen-bond acceptors (Lipinski definition) is 6. The number of H-pyrrole nitrogens is 1. The Hall–Kier alpha value is -2.49. The molecule has 4 rings (SSSR count). The molecule has 9 heteroatoms. The number of benzene rings is 1. The van der Waals surface area contributed by atoms with Crippen molar-refractivity contribution in [3.05, 3.63) is 52.1 Å². The number of amides is 1. The summed E-state index contributed by atoms with van der Waals surface area (Å²) in [5.41, 5.74) is 2.61. The van der Waals surface area contributed by atoms with Crippen molar-refractivity contribution in [2.75, 3.05) is 44.2 Å². The first kappa shape index (κ1) is 22.7. The number of hydrogen-bond donors (Lipinski definition) is 2. The number of nitrogens with one attached hydrogen (secondary N) is 2. The molecule has 1 unspecified atom stereocenters. The Labute approximate surface area is 198 Å². The molecule has 2 N–H and O–H groups in total. The van der Waals surface area contributed by atoms with Crippen LogP contribution in [0.5, 0.6) is 0 Å². The number of rotatable bonds is 8. The largest absolute Gasteiger partial charge is 0.369 e. The van der Waals surface area contributed by atoms with Gasteiger partial charge in [0.05, 0.1) is 4.88 Å². The van der Waals surface area contributed by atoms with E-state index in [0.717, 1.165) is 44.0 Å². The van der Waals surface area contributed by atoms with Crippen molar-refractivity contribution >= 4 is 35.1 Å². The highest BCUT2D eigenvalue weighted by Crippen LogP contribution is 2.25. The minimum absolute atomic E-state index is 0.0374. The fourth-order valence-electron chi connectivity index (χ4n) is 4.08. The number of aromatic amines is 1. The van der Waals surface area contributed by atoms with Crippen molar-refractivity contribution in [1.82, 2.24) is 25.0 Å². The first-order valence-electron chi connectivity index (χ1n) is 11.1. The lowest BCUT2D eigenvalue weighted by molar-refractivity contribution is -0.123. The van der Waals surface area contributed by atoms with Crippen LogP contribution in [0.25, 0.3) is 10.7 Å². The number of carbonyl (C=O) groups is 1. The number of aromatic nitrogens is 3. The lowest BCUT2D eigenvalue weighted by atomic mass is 10.2. The number of aryl methyl sites for hydroxylation is 1. The van der Waals surface area contributed by atoms with Crippen LogP contribution in [0.15, 0.2) is 41.8 Å². The summed E-state index contributed by atoms with van der Waals surface area (Å²) in [7, 11) is 0. The fourth-order valence-corrected chi connectivity index (χ4v) is 5.08. The van der Waals surface area contributed by atoms with Gasteiger partial charge in [-0.25, -0.2) is 0 Å². The van der Waals surface area contributed by atoms with Crippen LogP contribution in [-0.2, 0) is 4.79 Å². The first-order valence-corrected chi connectivity index (χ1v) is 12.3. The quantitative estimate of drug-likeness (QED) is 0.386. The van der Waals surface area contributed by atoms with E-state index in [1.54, 1.807) is 15.9 Å². The molecule has 0 aliphatic carbocycles. The lowest BCUT2D eigenvalue weighted by Crippen LogP contribution is -2.47. The van der Waals surface area contributed by atoms with Crippen LogP contribution in [0.1, 0.15) is 24.9 Å². The van der Waals surface area contributed by atoms with E-state index in [1.807, 2.05) is 24.4 Å². The first-order chi connectivity index (χ1) is 15.5. The molecule has 1 amide bonds. The fraction of sp³-hybridized carbons (Fsp3) is 0.435. The van der Waals surface area contributed by atoms with Gasteiger partial charge < -0.3 is 10.2 Å². The molecule has 0 saturated carbocycles. The second kappa shape index (κ2) is 10.4. The van der Waals surface area contributed by atoms with E-state index in [2.05, 4.69) is 56.5 Å². The zero-order chi connectivity index (χ0) is 22.5. The summed E-state index contributed by atoms with van der Waals surface area (Å²) < 4.78 is 2.25. The molecule has 1 atom stereocenters. The highest BCUT2D eigenvalue weighted by Gasteiger charge is 2.21. The maximum Gasteiger partial charge on any atom is 0.242 e. The van der Waals surface area contributed by atoms with Crippen molar-refractivity contribution in [1.29, 1.82) is 0 Å². The number of thiophene rings is 1. The molecule has 3 aromatic rings. The average Bonchev–Trinajstić information content (AvgIpc) is 3.46. The molecule has 170 valence electrons. The van der Waals surface area contributed by atoms with Gasteiger partial charge in [0.15, 0.2) is 10.6 Å². The van der Waals surface area contributed by atoms with Gasteiger partial charge in [0, 0.05) is 38.4 Å². The van der Waals surface area contributed by atoms with Gasteiger partial charge in [-0.3, -0.25) is 19.4 Å². The van der Waals surface area contributed by atoms with Crippen molar-refractivity contribution < 1.29 is 4.79 Å². The van der Waals surface area contributed by atoms with E-state index in [1.165, 1.54) is 11.3 Å². The van der Waals surface area contributed by atoms with Crippen LogP contribution in [-0.4, -0.2) is 64.8 Å². The Morgan fingerprint density at radius 2 is 2.06 bits per heavy atom. The van der Waals surface area contributed by atoms with Crippen molar-refractivity contribution in [2.24, 2.45) is 0 Å². The zero-order valence-corrected chi connectivity index (χ0v) is 20.2. The highest BCUT2D eigenvalue weighted by molar-refractivity contribution is 7.71. The molecule has 1 aromatic carbocycles. The third-order valence-corrected chi connectivity index (χ3v) is 7.06. The van der Waals surface area contributed by atoms with E-state index in [9.17, 15) is 4.79 Å². The van der Waals surface area contributed by atoms with E-state index >= 15 is 0 Å². The van der Waals surface area contributed by atoms with Gasteiger partial charge in [0.1, 0.15) is 6.04 Å². The SMILES string of the molecule is Cc1cccc(N2CCN(CCCNC(=O)C(C)n3c(-c4cccs4)n[nH]c3=S)CC2)c1. The second-order valence-electron chi connectivity index (χ2n) is 8.19. The maximum atomic E-state index is 12.8. The Morgan fingerprint density at radius 1 is 1.25 bits per heavy atom. The van der Waals surface area contributed by atoms with Crippen LogP contribution in [0.2, 0.25) is 0 Å². The van der Waals surface area contributed by atoms with Gasteiger partial charge in [-0.2, -0.15) is 5.10 Å². The molecule has 1 fully saturated rings. The van der Waals surface area contributed by atoms with Gasteiger partial charge in [-0.1, -0.05) is 18.2 Å². The van der Waals surface area contributed by atoms with E-state index in [0.29, 0.717) is 17.1 Å². The second-order valence-corrected chi connectivity index (χ2v) is 9.52. The van der Waals surface area contributed by atoms with Crippen LogP contribution in [0.4, 0.5) is 5.69 Å². The zero-order valence-electron chi connectivity index (χ0n) is 18.6. The summed E-state index contributed by atoms with van der Waals surface area (Å²) in [6.07, 6.45) is 0.928. The topological polar surface area (TPSA) is 69.2 Å². The lowest BCUT2D eigenvalue weighted by Gasteiger charge is -2.36. The summed E-state index contributed by atoms with van der Waals surface area (Å²) >= 11 is 6.95. The molecule has 1 saturated heterocycles. The minimum atomic E-state index is -0.420. The number of carbonyl (C=O) groups excluding carboxylic acids is 1. The number of nitrogens with zero attached hydrogens (tertiary/aromatic N) is 4. The predicted octanol–water partition coefficient (Wildman–Crippen LogP) is 3.87. The maximum absolute atomic E-state index is 12.8. The summed E-state index contributed by atoms with van der Waals surface area (Å²) in [6.45, 7) is 9.82. The van der Waals surface area contributed by atoms with Crippen LogP contribution >= 0.6 is 23.6 Å². The minimum Gasteiger partial charge on any atom is -0.369 e. The Morgan fingerprint density at radius 3 is 2.78 bits per heavy atom. The van der Waals surface area contributed by atoms with E-state index < -0.39 is 6.04 Å². The molecule has 1 aliphatic heterocycles. The monoisotopic (exact) mass is 470 g/mol.